The molecule has 1 N–H and O–H groups in total. The number of hydrogen-bond acceptors (Lipinski definition) is 6. The lowest BCUT2D eigenvalue weighted by atomic mass is 9.62. The lowest BCUT2D eigenvalue weighted by Crippen LogP contribution is -2.43. The van der Waals surface area contributed by atoms with Crippen LogP contribution in [0.1, 0.15) is 86.5 Å². The zero-order valence-corrected chi connectivity index (χ0v) is 29.4. The summed E-state index contributed by atoms with van der Waals surface area (Å²) < 4.78 is 7.13. The van der Waals surface area contributed by atoms with Gasteiger partial charge in [-0.25, -0.2) is 4.98 Å². The Hall–Kier alpha value is -4.61. The molecule has 0 bridgehead atoms. The van der Waals surface area contributed by atoms with Crippen molar-refractivity contribution in [1.82, 2.24) is 14.9 Å². The van der Waals surface area contributed by atoms with Crippen molar-refractivity contribution in [2.45, 2.75) is 87.6 Å². The third-order valence-electron chi connectivity index (χ3n) is 11.6. The summed E-state index contributed by atoms with van der Waals surface area (Å²) in [6.45, 7) is 0. The molecule has 2 spiro atoms. The monoisotopic (exact) mass is 682 g/mol. The summed E-state index contributed by atoms with van der Waals surface area (Å²) in [4.78, 5) is 34.2. The van der Waals surface area contributed by atoms with E-state index in [0.29, 0.717) is 27.9 Å². The molecule has 4 aliphatic rings. The van der Waals surface area contributed by atoms with E-state index in [0.717, 1.165) is 86.6 Å². The van der Waals surface area contributed by atoms with E-state index >= 15 is 0 Å². The van der Waals surface area contributed by atoms with Crippen LogP contribution in [0.5, 0.6) is 5.75 Å². The minimum atomic E-state index is -0.259. The molecule has 2 fully saturated rings. The number of nitrogens with one attached hydrogen (secondary N) is 1. The summed E-state index contributed by atoms with van der Waals surface area (Å²) in [5, 5.41) is 14.2. The fourth-order valence-corrected chi connectivity index (χ4v) is 10.1. The summed E-state index contributed by atoms with van der Waals surface area (Å²) in [6.07, 6.45) is 12.2. The standard InChI is InChI=1S/C42H42N4O3S/c1-49-31-18-16-30(17-19-31)46-39(48)36-38(33-15-7-5-13-29(33)25-42(36)22-10-3-11-23-42)45-40(46)50-27-35(47)44-37-32-14-6-4-12-28(32)24-41(34(37)26-43)20-8-2-9-21-41/h4-7,12-19H,2-3,8-11,20-25,27H2,1H3,(H,44,47). The Morgan fingerprint density at radius 1 is 0.860 bits per heavy atom. The molecule has 1 amide bonds. The lowest BCUT2D eigenvalue weighted by Gasteiger charge is -2.42. The number of benzene rings is 3. The summed E-state index contributed by atoms with van der Waals surface area (Å²) in [6, 6.07) is 26.5. The molecule has 0 unspecified atom stereocenters. The molecule has 1 aromatic heterocycles. The Kier molecular flexibility index (Phi) is 8.64. The zero-order chi connectivity index (χ0) is 34.3. The van der Waals surface area contributed by atoms with Gasteiger partial charge < -0.3 is 10.1 Å². The number of hydrogen-bond donors (Lipinski definition) is 1. The number of nitrogens with zero attached hydrogens (tertiary/aromatic N) is 3. The van der Waals surface area contributed by atoms with Gasteiger partial charge in [-0.1, -0.05) is 98.8 Å². The summed E-state index contributed by atoms with van der Waals surface area (Å²) in [7, 11) is 1.62. The van der Waals surface area contributed by atoms with Crippen molar-refractivity contribution in [2.24, 2.45) is 5.41 Å². The summed E-state index contributed by atoms with van der Waals surface area (Å²) >= 11 is 1.27. The Balaban J connectivity index is 1.20. The van der Waals surface area contributed by atoms with Crippen molar-refractivity contribution in [1.29, 1.82) is 5.26 Å². The van der Waals surface area contributed by atoms with Gasteiger partial charge in [0.15, 0.2) is 5.16 Å². The molecule has 0 saturated heterocycles. The molecule has 0 atom stereocenters. The minimum absolute atomic E-state index is 0.0333. The van der Waals surface area contributed by atoms with Gasteiger partial charge in [0.25, 0.3) is 5.56 Å². The van der Waals surface area contributed by atoms with Crippen LogP contribution < -0.4 is 15.6 Å². The molecular weight excluding hydrogens is 641 g/mol. The molecule has 4 aliphatic carbocycles. The van der Waals surface area contributed by atoms with E-state index in [1.54, 1.807) is 11.7 Å². The predicted molar refractivity (Wildman–Crippen MR) is 197 cm³/mol. The van der Waals surface area contributed by atoms with Gasteiger partial charge in [-0.05, 0) is 73.9 Å². The molecule has 50 heavy (non-hydrogen) atoms. The molecule has 3 aromatic carbocycles. The van der Waals surface area contributed by atoms with E-state index in [9.17, 15) is 14.9 Å². The normalized spacial score (nSPS) is 18.5. The van der Waals surface area contributed by atoms with E-state index in [1.165, 1.54) is 35.7 Å². The number of rotatable bonds is 6. The average Bonchev–Trinajstić information content (AvgIpc) is 3.14. The fourth-order valence-electron chi connectivity index (χ4n) is 9.28. The van der Waals surface area contributed by atoms with Crippen molar-refractivity contribution < 1.29 is 9.53 Å². The zero-order valence-electron chi connectivity index (χ0n) is 28.6. The number of fused-ring (bicyclic) bond motifs is 5. The van der Waals surface area contributed by atoms with Gasteiger partial charge >= 0.3 is 0 Å². The number of ether oxygens (including phenoxy) is 1. The first-order valence-corrected chi connectivity index (χ1v) is 19.0. The van der Waals surface area contributed by atoms with Crippen molar-refractivity contribution in [3.63, 3.8) is 0 Å². The number of aromatic nitrogens is 2. The molecule has 1 heterocycles. The van der Waals surface area contributed by atoms with Crippen LogP contribution in [-0.4, -0.2) is 28.3 Å². The maximum absolute atomic E-state index is 15.0. The smallest absolute Gasteiger partial charge is 0.263 e. The highest BCUT2D eigenvalue weighted by atomic mass is 32.2. The van der Waals surface area contributed by atoms with Gasteiger partial charge in [0.1, 0.15) is 5.75 Å². The molecule has 8 heteroatoms. The van der Waals surface area contributed by atoms with E-state index < -0.39 is 0 Å². The quantitative estimate of drug-likeness (QED) is 0.162. The minimum Gasteiger partial charge on any atom is -0.497 e. The van der Waals surface area contributed by atoms with Gasteiger partial charge in [-0.15, -0.1) is 0 Å². The van der Waals surface area contributed by atoms with Crippen LogP contribution in [0.3, 0.4) is 0 Å². The Labute approximate surface area is 297 Å². The second-order valence-corrected chi connectivity index (χ2v) is 15.4. The van der Waals surface area contributed by atoms with Crippen LogP contribution in [0, 0.1) is 16.7 Å². The maximum atomic E-state index is 15.0. The van der Waals surface area contributed by atoms with E-state index in [4.69, 9.17) is 9.72 Å². The Morgan fingerprint density at radius 3 is 2.12 bits per heavy atom. The van der Waals surface area contributed by atoms with Gasteiger partial charge in [0.2, 0.25) is 5.91 Å². The number of amides is 1. The van der Waals surface area contributed by atoms with Crippen LogP contribution in [0.2, 0.25) is 0 Å². The highest BCUT2D eigenvalue weighted by Gasteiger charge is 2.44. The van der Waals surface area contributed by atoms with Crippen LogP contribution >= 0.6 is 11.8 Å². The number of nitriles is 1. The van der Waals surface area contributed by atoms with Gasteiger partial charge in [-0.3, -0.25) is 14.2 Å². The Bertz CT molecular complexity index is 2100. The number of carbonyl (C=O) groups is 1. The predicted octanol–water partition coefficient (Wildman–Crippen LogP) is 8.32. The van der Waals surface area contributed by atoms with Crippen molar-refractivity contribution in [2.75, 3.05) is 12.9 Å². The molecule has 8 rings (SSSR count). The second kappa shape index (κ2) is 13.3. The lowest BCUT2D eigenvalue weighted by molar-refractivity contribution is -0.117. The third kappa shape index (κ3) is 5.56. The first-order valence-electron chi connectivity index (χ1n) is 18.0. The van der Waals surface area contributed by atoms with Crippen LogP contribution in [-0.2, 0) is 23.1 Å². The maximum Gasteiger partial charge on any atom is 0.263 e. The van der Waals surface area contributed by atoms with Gasteiger partial charge in [0.05, 0.1) is 47.1 Å². The highest BCUT2D eigenvalue weighted by Crippen LogP contribution is 2.51. The van der Waals surface area contributed by atoms with Crippen LogP contribution in [0.4, 0.5) is 0 Å². The first-order chi connectivity index (χ1) is 24.4. The van der Waals surface area contributed by atoms with Crippen LogP contribution in [0.25, 0.3) is 22.6 Å². The van der Waals surface area contributed by atoms with E-state index in [-0.39, 0.29) is 28.0 Å². The fraction of sp³-hybridized carbons (Fsp3) is 0.381. The molecule has 0 radical (unpaired) electrons. The Morgan fingerprint density at radius 2 is 1.46 bits per heavy atom. The molecule has 7 nitrogen and oxygen atoms in total. The summed E-state index contributed by atoms with van der Waals surface area (Å²) in [5.41, 5.74) is 7.36. The van der Waals surface area contributed by atoms with Crippen molar-refractivity contribution >= 4 is 23.4 Å². The van der Waals surface area contributed by atoms with Gasteiger partial charge in [0, 0.05) is 22.0 Å². The number of carbonyl (C=O) groups excluding carboxylic acids is 1. The first kappa shape index (κ1) is 32.6. The van der Waals surface area contributed by atoms with Crippen LogP contribution in [0.15, 0.2) is 88.3 Å². The highest BCUT2D eigenvalue weighted by molar-refractivity contribution is 7.99. The number of methoxy groups -OCH3 is 1. The van der Waals surface area contributed by atoms with Gasteiger partial charge in [-0.2, -0.15) is 5.26 Å². The number of thioether (sulfide) groups is 1. The second-order valence-electron chi connectivity index (χ2n) is 14.5. The number of allylic oxidation sites excluding steroid dienone is 1. The average molecular weight is 683 g/mol. The SMILES string of the molecule is COc1ccc(-n2c(SCC(=O)NC3=C(C#N)C4(CCCCC4)Cc4ccccc43)nc3c(c2=O)C2(CCCCC2)Cc2ccccc2-3)cc1. The topological polar surface area (TPSA) is 97.0 Å². The summed E-state index contributed by atoms with van der Waals surface area (Å²) in [5.74, 6) is 0.507. The molecule has 4 aromatic rings. The molecule has 0 aliphatic heterocycles. The largest absolute Gasteiger partial charge is 0.497 e. The molecular formula is C42H42N4O3S. The molecule has 2 saturated carbocycles. The molecule has 254 valence electrons. The van der Waals surface area contributed by atoms with E-state index in [2.05, 4.69) is 35.7 Å². The van der Waals surface area contributed by atoms with E-state index in [1.807, 2.05) is 48.5 Å². The van der Waals surface area contributed by atoms with Crippen molar-refractivity contribution in [3.8, 4) is 28.8 Å². The van der Waals surface area contributed by atoms with Crippen molar-refractivity contribution in [3.05, 3.63) is 111 Å². The third-order valence-corrected chi connectivity index (χ3v) is 12.6.